The molecular weight excluding hydrogens is 206 g/mol. The van der Waals surface area contributed by atoms with E-state index >= 15 is 0 Å². The largest absolute Gasteiger partial charge is 0.508 e. The van der Waals surface area contributed by atoms with Gasteiger partial charge in [0, 0.05) is 24.8 Å². The maximum Gasteiger partial charge on any atom is 0.305 e. The van der Waals surface area contributed by atoms with Crippen molar-refractivity contribution in [2.75, 3.05) is 18.0 Å². The highest BCUT2D eigenvalue weighted by atomic mass is 16.4. The third kappa shape index (κ3) is 3.15. The molecule has 4 heteroatoms. The van der Waals surface area contributed by atoms with Gasteiger partial charge in [-0.2, -0.15) is 0 Å². The van der Waals surface area contributed by atoms with Crippen molar-refractivity contribution in [2.45, 2.75) is 20.3 Å². The summed E-state index contributed by atoms with van der Waals surface area (Å²) in [6.45, 7) is 5.08. The van der Waals surface area contributed by atoms with Crippen LogP contribution >= 0.6 is 0 Å². The molecule has 1 aromatic rings. The average Bonchev–Trinajstić information content (AvgIpc) is 2.23. The van der Waals surface area contributed by atoms with Crippen molar-refractivity contribution >= 4 is 11.7 Å². The van der Waals surface area contributed by atoms with Crippen LogP contribution in [0.5, 0.6) is 5.75 Å². The number of nitrogens with zero attached hydrogens (tertiary/aromatic N) is 1. The third-order valence-corrected chi connectivity index (χ3v) is 2.51. The highest BCUT2D eigenvalue weighted by Crippen LogP contribution is 2.24. The van der Waals surface area contributed by atoms with Crippen LogP contribution in [0.15, 0.2) is 18.2 Å². The van der Waals surface area contributed by atoms with E-state index in [4.69, 9.17) is 5.11 Å². The lowest BCUT2D eigenvalue weighted by Gasteiger charge is -2.24. The highest BCUT2D eigenvalue weighted by molar-refractivity contribution is 5.68. The Morgan fingerprint density at radius 3 is 2.69 bits per heavy atom. The highest BCUT2D eigenvalue weighted by Gasteiger charge is 2.09. The lowest BCUT2D eigenvalue weighted by atomic mass is 10.1. The molecule has 0 fully saturated rings. The number of aryl methyl sites for hydroxylation is 1. The van der Waals surface area contributed by atoms with Gasteiger partial charge in [0.25, 0.3) is 0 Å². The lowest BCUT2D eigenvalue weighted by Crippen LogP contribution is -2.26. The number of carboxylic acids is 1. The normalized spacial score (nSPS) is 10.1. The van der Waals surface area contributed by atoms with Crippen LogP contribution in [0.3, 0.4) is 0 Å². The van der Waals surface area contributed by atoms with Gasteiger partial charge < -0.3 is 15.1 Å². The zero-order chi connectivity index (χ0) is 12.1. The topological polar surface area (TPSA) is 60.8 Å². The zero-order valence-electron chi connectivity index (χ0n) is 9.60. The Morgan fingerprint density at radius 1 is 1.44 bits per heavy atom. The number of carboxylic acid groups (broad SMARTS) is 1. The van der Waals surface area contributed by atoms with Crippen molar-refractivity contribution in [1.82, 2.24) is 0 Å². The summed E-state index contributed by atoms with van der Waals surface area (Å²) in [4.78, 5) is 12.5. The van der Waals surface area contributed by atoms with Gasteiger partial charge in [0.15, 0.2) is 0 Å². The summed E-state index contributed by atoms with van der Waals surface area (Å²) in [5.41, 5.74) is 1.92. The summed E-state index contributed by atoms with van der Waals surface area (Å²) in [6.07, 6.45) is 0.100. The molecule has 0 unspecified atom stereocenters. The van der Waals surface area contributed by atoms with E-state index in [2.05, 4.69) is 0 Å². The van der Waals surface area contributed by atoms with Crippen LogP contribution < -0.4 is 4.90 Å². The number of anilines is 1. The number of phenolic OH excluding ortho intramolecular Hbond substituents is 1. The van der Waals surface area contributed by atoms with Crippen molar-refractivity contribution in [3.63, 3.8) is 0 Å². The molecule has 0 heterocycles. The van der Waals surface area contributed by atoms with Crippen LogP contribution in [0.25, 0.3) is 0 Å². The molecule has 0 atom stereocenters. The number of aliphatic carboxylic acids is 1. The van der Waals surface area contributed by atoms with Gasteiger partial charge in [-0.1, -0.05) is 6.07 Å². The Labute approximate surface area is 95.1 Å². The minimum absolute atomic E-state index is 0.100. The van der Waals surface area contributed by atoms with Crippen LogP contribution in [0.1, 0.15) is 18.9 Å². The van der Waals surface area contributed by atoms with Gasteiger partial charge in [0.1, 0.15) is 5.75 Å². The van der Waals surface area contributed by atoms with Crippen LogP contribution in [-0.4, -0.2) is 29.3 Å². The summed E-state index contributed by atoms with van der Waals surface area (Å²) in [6, 6.07) is 5.12. The molecule has 16 heavy (non-hydrogen) atoms. The van der Waals surface area contributed by atoms with E-state index in [1.807, 2.05) is 24.8 Å². The number of hydrogen-bond acceptors (Lipinski definition) is 3. The first-order valence-corrected chi connectivity index (χ1v) is 5.31. The molecule has 0 spiro atoms. The summed E-state index contributed by atoms with van der Waals surface area (Å²) in [5, 5.41) is 18.1. The second-order valence-electron chi connectivity index (χ2n) is 3.69. The number of carbonyl (C=O) groups is 1. The molecular formula is C12H17NO3. The fraction of sp³-hybridized carbons (Fsp3) is 0.417. The molecule has 0 amide bonds. The first-order valence-electron chi connectivity index (χ1n) is 5.31. The Hall–Kier alpha value is -1.71. The fourth-order valence-corrected chi connectivity index (χ4v) is 1.62. The number of phenols is 1. The van der Waals surface area contributed by atoms with E-state index in [-0.39, 0.29) is 12.2 Å². The van der Waals surface area contributed by atoms with Gasteiger partial charge in [-0.15, -0.1) is 0 Å². The van der Waals surface area contributed by atoms with Crippen molar-refractivity contribution in [3.8, 4) is 5.75 Å². The number of rotatable bonds is 5. The Morgan fingerprint density at radius 2 is 2.12 bits per heavy atom. The zero-order valence-corrected chi connectivity index (χ0v) is 9.60. The minimum atomic E-state index is -0.809. The second-order valence-corrected chi connectivity index (χ2v) is 3.69. The van der Waals surface area contributed by atoms with Crippen LogP contribution in [0, 0.1) is 6.92 Å². The average molecular weight is 223 g/mol. The van der Waals surface area contributed by atoms with Crippen LogP contribution in [0.2, 0.25) is 0 Å². The van der Waals surface area contributed by atoms with E-state index in [0.29, 0.717) is 6.54 Å². The van der Waals surface area contributed by atoms with Crippen LogP contribution in [0.4, 0.5) is 5.69 Å². The molecule has 4 nitrogen and oxygen atoms in total. The van der Waals surface area contributed by atoms with E-state index in [9.17, 15) is 9.90 Å². The first kappa shape index (κ1) is 12.4. The molecule has 0 aliphatic heterocycles. The van der Waals surface area contributed by atoms with Crippen molar-refractivity contribution in [3.05, 3.63) is 23.8 Å². The maximum atomic E-state index is 10.5. The lowest BCUT2D eigenvalue weighted by molar-refractivity contribution is -0.136. The molecule has 1 rings (SSSR count). The molecule has 88 valence electrons. The van der Waals surface area contributed by atoms with E-state index in [0.717, 1.165) is 17.8 Å². The predicted octanol–water partition coefficient (Wildman–Crippen LogP) is 2.00. The van der Waals surface area contributed by atoms with E-state index in [1.165, 1.54) is 0 Å². The molecule has 1 aromatic carbocycles. The monoisotopic (exact) mass is 223 g/mol. The van der Waals surface area contributed by atoms with Crippen molar-refractivity contribution in [1.29, 1.82) is 0 Å². The summed E-state index contributed by atoms with van der Waals surface area (Å²) >= 11 is 0. The van der Waals surface area contributed by atoms with Gasteiger partial charge in [-0.05, 0) is 25.5 Å². The second kappa shape index (κ2) is 5.39. The first-order chi connectivity index (χ1) is 7.54. The van der Waals surface area contributed by atoms with Gasteiger partial charge in [0.2, 0.25) is 0 Å². The maximum absolute atomic E-state index is 10.5. The molecule has 0 bridgehead atoms. The summed E-state index contributed by atoms with van der Waals surface area (Å²) < 4.78 is 0. The van der Waals surface area contributed by atoms with Gasteiger partial charge in [-0.3, -0.25) is 4.79 Å². The van der Waals surface area contributed by atoms with E-state index < -0.39 is 5.97 Å². The van der Waals surface area contributed by atoms with Crippen LogP contribution in [-0.2, 0) is 4.79 Å². The standard InChI is InChI=1S/C12H17NO3/c1-3-13(7-6-12(15)16)11-8-10(14)5-4-9(11)2/h4-5,8,14H,3,6-7H2,1-2H3,(H,15,16). The molecule has 2 N–H and O–H groups in total. The molecule has 0 aliphatic carbocycles. The van der Waals surface area contributed by atoms with Gasteiger partial charge in [-0.25, -0.2) is 0 Å². The smallest absolute Gasteiger partial charge is 0.305 e. The number of hydrogen-bond donors (Lipinski definition) is 2. The Balaban J connectivity index is 2.85. The number of aromatic hydroxyl groups is 1. The molecule has 0 saturated heterocycles. The predicted molar refractivity (Wildman–Crippen MR) is 63.0 cm³/mol. The minimum Gasteiger partial charge on any atom is -0.508 e. The summed E-state index contributed by atoms with van der Waals surface area (Å²) in [5.74, 6) is -0.606. The Bertz CT molecular complexity index is 377. The summed E-state index contributed by atoms with van der Waals surface area (Å²) in [7, 11) is 0. The molecule has 0 aliphatic rings. The SMILES string of the molecule is CCN(CCC(=O)O)c1cc(O)ccc1C. The molecule has 0 radical (unpaired) electrons. The van der Waals surface area contributed by atoms with Gasteiger partial charge in [0.05, 0.1) is 6.42 Å². The third-order valence-electron chi connectivity index (χ3n) is 2.51. The fourth-order valence-electron chi connectivity index (χ4n) is 1.62. The van der Waals surface area contributed by atoms with Gasteiger partial charge >= 0.3 is 5.97 Å². The Kier molecular flexibility index (Phi) is 4.17. The molecule has 0 aromatic heterocycles. The van der Waals surface area contributed by atoms with E-state index in [1.54, 1.807) is 12.1 Å². The van der Waals surface area contributed by atoms with Crippen molar-refractivity contribution in [2.24, 2.45) is 0 Å². The quantitative estimate of drug-likeness (QED) is 0.801. The number of benzene rings is 1. The van der Waals surface area contributed by atoms with Crippen molar-refractivity contribution < 1.29 is 15.0 Å². The molecule has 0 saturated carbocycles.